The molecule has 0 heterocycles. The maximum atomic E-state index is 10.8. The van der Waals surface area contributed by atoms with Crippen LogP contribution >= 0.6 is 0 Å². The zero-order valence-corrected chi connectivity index (χ0v) is 9.29. The van der Waals surface area contributed by atoms with E-state index in [0.29, 0.717) is 6.54 Å². The van der Waals surface area contributed by atoms with Crippen LogP contribution in [0.5, 0.6) is 0 Å². The van der Waals surface area contributed by atoms with Gasteiger partial charge in [0.2, 0.25) is 5.91 Å². The highest BCUT2D eigenvalue weighted by Gasteiger charge is 2.04. The molecular formula is C12H18N2O. The molecule has 82 valence electrons. The molecule has 0 fully saturated rings. The molecule has 15 heavy (non-hydrogen) atoms. The van der Waals surface area contributed by atoms with Gasteiger partial charge in [-0.1, -0.05) is 24.3 Å². The van der Waals surface area contributed by atoms with E-state index in [4.69, 9.17) is 5.73 Å². The second-order valence-electron chi connectivity index (χ2n) is 3.83. The SMILES string of the molecule is CC(=O)NC(C)Cc1cccc(CN)c1. The lowest BCUT2D eigenvalue weighted by Gasteiger charge is -2.12. The van der Waals surface area contributed by atoms with Crippen molar-refractivity contribution < 1.29 is 4.79 Å². The number of nitrogens with one attached hydrogen (secondary N) is 1. The molecule has 1 rings (SSSR count). The Labute approximate surface area is 90.7 Å². The van der Waals surface area contributed by atoms with Crippen LogP contribution in [0.3, 0.4) is 0 Å². The number of benzene rings is 1. The molecule has 0 aliphatic rings. The third-order valence-electron chi connectivity index (χ3n) is 2.22. The summed E-state index contributed by atoms with van der Waals surface area (Å²) in [6, 6.07) is 8.30. The van der Waals surface area contributed by atoms with E-state index in [0.717, 1.165) is 12.0 Å². The van der Waals surface area contributed by atoms with Crippen LogP contribution in [-0.2, 0) is 17.8 Å². The third kappa shape index (κ3) is 4.13. The Balaban J connectivity index is 2.59. The molecule has 1 atom stereocenters. The van der Waals surface area contributed by atoms with Gasteiger partial charge in [0.1, 0.15) is 0 Å². The summed E-state index contributed by atoms with van der Waals surface area (Å²) in [5.74, 6) is 0.0116. The molecule has 0 radical (unpaired) electrons. The van der Waals surface area contributed by atoms with E-state index in [1.807, 2.05) is 19.1 Å². The van der Waals surface area contributed by atoms with Gasteiger partial charge in [0.15, 0.2) is 0 Å². The molecule has 1 aromatic carbocycles. The van der Waals surface area contributed by atoms with Gasteiger partial charge in [-0.05, 0) is 24.5 Å². The Morgan fingerprint density at radius 2 is 2.13 bits per heavy atom. The largest absolute Gasteiger partial charge is 0.354 e. The Hall–Kier alpha value is -1.35. The average Bonchev–Trinajstić information content (AvgIpc) is 2.16. The van der Waals surface area contributed by atoms with Gasteiger partial charge in [0.25, 0.3) is 0 Å². The first-order chi connectivity index (χ1) is 7.11. The molecule has 0 spiro atoms. The van der Waals surface area contributed by atoms with Crippen molar-refractivity contribution in [2.24, 2.45) is 5.73 Å². The molecular weight excluding hydrogens is 188 g/mol. The maximum Gasteiger partial charge on any atom is 0.217 e. The fraction of sp³-hybridized carbons (Fsp3) is 0.417. The van der Waals surface area contributed by atoms with Gasteiger partial charge in [-0.25, -0.2) is 0 Å². The summed E-state index contributed by atoms with van der Waals surface area (Å²) >= 11 is 0. The van der Waals surface area contributed by atoms with E-state index >= 15 is 0 Å². The monoisotopic (exact) mass is 206 g/mol. The van der Waals surface area contributed by atoms with Crippen LogP contribution in [0.25, 0.3) is 0 Å². The van der Waals surface area contributed by atoms with E-state index in [2.05, 4.69) is 17.4 Å². The molecule has 0 aliphatic heterocycles. The predicted molar refractivity (Wildman–Crippen MR) is 61.3 cm³/mol. The zero-order chi connectivity index (χ0) is 11.3. The molecule has 0 saturated heterocycles. The number of carbonyl (C=O) groups is 1. The number of amides is 1. The first-order valence-corrected chi connectivity index (χ1v) is 5.17. The van der Waals surface area contributed by atoms with Crippen molar-refractivity contribution in [1.29, 1.82) is 0 Å². The van der Waals surface area contributed by atoms with Crippen LogP contribution < -0.4 is 11.1 Å². The maximum absolute atomic E-state index is 10.8. The smallest absolute Gasteiger partial charge is 0.217 e. The van der Waals surface area contributed by atoms with Gasteiger partial charge >= 0.3 is 0 Å². The van der Waals surface area contributed by atoms with Crippen molar-refractivity contribution >= 4 is 5.91 Å². The fourth-order valence-corrected chi connectivity index (χ4v) is 1.64. The van der Waals surface area contributed by atoms with Crippen molar-refractivity contribution in [1.82, 2.24) is 5.32 Å². The highest BCUT2D eigenvalue weighted by atomic mass is 16.1. The lowest BCUT2D eigenvalue weighted by atomic mass is 10.0. The molecule has 3 heteroatoms. The predicted octanol–water partition coefficient (Wildman–Crippen LogP) is 1.21. The summed E-state index contributed by atoms with van der Waals surface area (Å²) in [5.41, 5.74) is 7.90. The number of carbonyl (C=O) groups excluding carboxylic acids is 1. The minimum Gasteiger partial charge on any atom is -0.354 e. The Morgan fingerprint density at radius 3 is 2.73 bits per heavy atom. The van der Waals surface area contributed by atoms with Crippen LogP contribution in [0.4, 0.5) is 0 Å². The highest BCUT2D eigenvalue weighted by molar-refractivity contribution is 5.73. The molecule has 0 saturated carbocycles. The molecule has 0 aliphatic carbocycles. The lowest BCUT2D eigenvalue weighted by molar-refractivity contribution is -0.119. The highest BCUT2D eigenvalue weighted by Crippen LogP contribution is 2.07. The number of nitrogens with two attached hydrogens (primary N) is 1. The number of hydrogen-bond donors (Lipinski definition) is 2. The third-order valence-corrected chi connectivity index (χ3v) is 2.22. The first kappa shape index (κ1) is 11.7. The topological polar surface area (TPSA) is 55.1 Å². The van der Waals surface area contributed by atoms with Gasteiger partial charge in [0, 0.05) is 19.5 Å². The van der Waals surface area contributed by atoms with E-state index in [9.17, 15) is 4.79 Å². The van der Waals surface area contributed by atoms with Gasteiger partial charge in [-0.2, -0.15) is 0 Å². The van der Waals surface area contributed by atoms with Crippen LogP contribution in [-0.4, -0.2) is 11.9 Å². The Morgan fingerprint density at radius 1 is 1.47 bits per heavy atom. The fourth-order valence-electron chi connectivity index (χ4n) is 1.64. The summed E-state index contributed by atoms with van der Waals surface area (Å²) in [7, 11) is 0. The minimum absolute atomic E-state index is 0.0116. The molecule has 0 bridgehead atoms. The minimum atomic E-state index is 0.0116. The van der Waals surface area contributed by atoms with Crippen LogP contribution in [0.2, 0.25) is 0 Å². The second-order valence-corrected chi connectivity index (χ2v) is 3.83. The summed E-state index contributed by atoms with van der Waals surface area (Å²) in [5, 5.41) is 2.86. The lowest BCUT2D eigenvalue weighted by Crippen LogP contribution is -2.32. The van der Waals surface area contributed by atoms with Gasteiger partial charge in [0.05, 0.1) is 0 Å². The Bertz CT molecular complexity index is 336. The van der Waals surface area contributed by atoms with Crippen molar-refractivity contribution in [3.8, 4) is 0 Å². The standard InChI is InChI=1S/C12H18N2O/c1-9(14-10(2)15)6-11-4-3-5-12(7-11)8-13/h3-5,7,9H,6,8,13H2,1-2H3,(H,14,15). The van der Waals surface area contributed by atoms with Gasteiger partial charge in [-0.15, -0.1) is 0 Å². The van der Waals surface area contributed by atoms with Gasteiger partial charge in [-0.3, -0.25) is 4.79 Å². The van der Waals surface area contributed by atoms with Gasteiger partial charge < -0.3 is 11.1 Å². The quantitative estimate of drug-likeness (QED) is 0.778. The first-order valence-electron chi connectivity index (χ1n) is 5.17. The molecule has 3 nitrogen and oxygen atoms in total. The van der Waals surface area contributed by atoms with Crippen molar-refractivity contribution in [2.45, 2.75) is 32.9 Å². The molecule has 1 unspecified atom stereocenters. The molecule has 1 aromatic rings. The van der Waals surface area contributed by atoms with E-state index in [1.54, 1.807) is 0 Å². The Kier molecular flexibility index (Phi) is 4.31. The van der Waals surface area contributed by atoms with Crippen LogP contribution in [0.15, 0.2) is 24.3 Å². The number of hydrogen-bond acceptors (Lipinski definition) is 2. The summed E-state index contributed by atoms with van der Waals surface area (Å²) < 4.78 is 0. The molecule has 3 N–H and O–H groups in total. The molecule has 0 aromatic heterocycles. The summed E-state index contributed by atoms with van der Waals surface area (Å²) in [6.45, 7) is 4.09. The summed E-state index contributed by atoms with van der Waals surface area (Å²) in [4.78, 5) is 10.8. The summed E-state index contributed by atoms with van der Waals surface area (Å²) in [6.07, 6.45) is 0.841. The van der Waals surface area contributed by atoms with Crippen LogP contribution in [0, 0.1) is 0 Å². The van der Waals surface area contributed by atoms with Crippen molar-refractivity contribution in [2.75, 3.05) is 0 Å². The molecule has 1 amide bonds. The van der Waals surface area contributed by atoms with E-state index < -0.39 is 0 Å². The zero-order valence-electron chi connectivity index (χ0n) is 9.29. The van der Waals surface area contributed by atoms with E-state index in [1.165, 1.54) is 12.5 Å². The number of rotatable bonds is 4. The second kappa shape index (κ2) is 5.51. The van der Waals surface area contributed by atoms with E-state index in [-0.39, 0.29) is 11.9 Å². The van der Waals surface area contributed by atoms with Crippen molar-refractivity contribution in [3.05, 3.63) is 35.4 Å². The van der Waals surface area contributed by atoms with Crippen molar-refractivity contribution in [3.63, 3.8) is 0 Å². The van der Waals surface area contributed by atoms with Crippen LogP contribution in [0.1, 0.15) is 25.0 Å². The average molecular weight is 206 g/mol. The normalized spacial score (nSPS) is 12.2.